The van der Waals surface area contributed by atoms with Crippen LogP contribution in [0.3, 0.4) is 0 Å². The minimum absolute atomic E-state index is 0.0973. The van der Waals surface area contributed by atoms with Crippen LogP contribution in [0.5, 0.6) is 0 Å². The topological polar surface area (TPSA) is 78.9 Å². The third-order valence-corrected chi connectivity index (χ3v) is 12.0. The molecule has 0 fully saturated rings. The van der Waals surface area contributed by atoms with Crippen molar-refractivity contribution in [2.24, 2.45) is 0 Å². The Morgan fingerprint density at radius 3 is 0.984 bits per heavy atom. The van der Waals surface area contributed by atoms with Crippen molar-refractivity contribution < 1.29 is 28.6 Å². The van der Waals surface area contributed by atoms with Crippen LogP contribution in [0.25, 0.3) is 0 Å². The number of hydrogen-bond donors (Lipinski definition) is 0. The Bertz CT molecular complexity index is 1120. The van der Waals surface area contributed by atoms with Crippen LogP contribution in [-0.2, 0) is 28.6 Å². The first kappa shape index (κ1) is 61.4. The summed E-state index contributed by atoms with van der Waals surface area (Å²) < 4.78 is 16.8. The molecule has 0 heterocycles. The van der Waals surface area contributed by atoms with Gasteiger partial charge in [-0.1, -0.05) is 223 Å². The number of allylic oxidation sites excluding steroid dienone is 8. The van der Waals surface area contributed by atoms with Crippen LogP contribution >= 0.6 is 0 Å². The van der Waals surface area contributed by atoms with E-state index in [0.29, 0.717) is 19.3 Å². The fraction of sp³-hybridized carbons (Fsp3) is 0.810. The molecule has 0 aromatic heterocycles. The van der Waals surface area contributed by atoms with Gasteiger partial charge in [-0.15, -0.1) is 0 Å². The Morgan fingerprint density at radius 1 is 0.312 bits per heavy atom. The zero-order chi connectivity index (χ0) is 46.5. The second-order valence-electron chi connectivity index (χ2n) is 18.5. The molecular weight excluding hydrogens is 793 g/mol. The molecule has 6 nitrogen and oxygen atoms in total. The molecule has 0 saturated heterocycles. The highest BCUT2D eigenvalue weighted by molar-refractivity contribution is 5.71. The molecule has 1 atom stereocenters. The van der Waals surface area contributed by atoms with Gasteiger partial charge in [0.05, 0.1) is 0 Å². The Kier molecular flexibility index (Phi) is 50.8. The molecule has 0 rings (SSSR count). The molecule has 0 aromatic rings. The first-order valence-electron chi connectivity index (χ1n) is 27.6. The van der Waals surface area contributed by atoms with Crippen molar-refractivity contribution in [1.82, 2.24) is 0 Å². The van der Waals surface area contributed by atoms with Crippen LogP contribution in [0.2, 0.25) is 0 Å². The monoisotopic (exact) mass is 897 g/mol. The lowest BCUT2D eigenvalue weighted by atomic mass is 10.1. The summed E-state index contributed by atoms with van der Waals surface area (Å²) in [5.41, 5.74) is 0. The first-order valence-corrected chi connectivity index (χ1v) is 27.6. The number of unbranched alkanes of at least 4 members (excludes halogenated alkanes) is 31. The molecule has 0 aromatic carbocycles. The summed E-state index contributed by atoms with van der Waals surface area (Å²) in [6, 6.07) is 0. The Balaban J connectivity index is 4.40. The van der Waals surface area contributed by atoms with E-state index in [-0.39, 0.29) is 37.5 Å². The maximum absolute atomic E-state index is 12.8. The summed E-state index contributed by atoms with van der Waals surface area (Å²) in [5, 5.41) is 0. The second-order valence-corrected chi connectivity index (χ2v) is 18.5. The standard InChI is InChI=1S/C58H104O6/c1-4-7-10-13-16-19-22-25-27-28-29-30-31-34-36-39-42-45-48-51-57(60)63-54-55(53-62-56(59)50-47-44-41-38-35-32-24-21-18-15-12-9-6-3)64-58(61)52-49-46-43-40-37-33-26-23-20-17-14-11-8-5-2/h28-29,32-33,35,37,41,44,55H,4-27,30-31,34,36,38-40,42-43,45-54H2,1-3H3/b29-28-,35-32-,37-33-,44-41-. The van der Waals surface area contributed by atoms with Gasteiger partial charge in [0, 0.05) is 19.3 Å². The number of carbonyl (C=O) groups excluding carboxylic acids is 3. The van der Waals surface area contributed by atoms with Crippen molar-refractivity contribution in [3.8, 4) is 0 Å². The molecule has 372 valence electrons. The van der Waals surface area contributed by atoms with Crippen LogP contribution < -0.4 is 0 Å². The van der Waals surface area contributed by atoms with Gasteiger partial charge in [0.1, 0.15) is 13.2 Å². The lowest BCUT2D eigenvalue weighted by molar-refractivity contribution is -0.166. The molecule has 0 N–H and O–H groups in total. The summed E-state index contributed by atoms with van der Waals surface area (Å²) in [4.78, 5) is 38.0. The maximum Gasteiger partial charge on any atom is 0.306 e. The number of rotatable bonds is 50. The summed E-state index contributed by atoms with van der Waals surface area (Å²) in [7, 11) is 0. The molecule has 1 unspecified atom stereocenters. The number of ether oxygens (including phenoxy) is 3. The van der Waals surface area contributed by atoms with Gasteiger partial charge in [0.15, 0.2) is 6.10 Å². The predicted molar refractivity (Wildman–Crippen MR) is 275 cm³/mol. The van der Waals surface area contributed by atoms with Gasteiger partial charge in [-0.05, 0) is 89.9 Å². The zero-order valence-electron chi connectivity index (χ0n) is 42.6. The van der Waals surface area contributed by atoms with Crippen molar-refractivity contribution in [2.45, 2.75) is 290 Å². The summed E-state index contributed by atoms with van der Waals surface area (Å²) in [5.74, 6) is -0.979. The minimum Gasteiger partial charge on any atom is -0.462 e. The molecule has 0 saturated carbocycles. The summed E-state index contributed by atoms with van der Waals surface area (Å²) in [6.45, 7) is 6.58. The molecule has 0 aliphatic carbocycles. The van der Waals surface area contributed by atoms with Gasteiger partial charge < -0.3 is 14.2 Å². The van der Waals surface area contributed by atoms with E-state index in [1.54, 1.807) is 0 Å². The average molecular weight is 897 g/mol. The quantitative estimate of drug-likeness (QED) is 0.0262. The van der Waals surface area contributed by atoms with Gasteiger partial charge in [0.25, 0.3) is 0 Å². The molecule has 0 bridgehead atoms. The van der Waals surface area contributed by atoms with Gasteiger partial charge in [-0.2, -0.15) is 0 Å². The SMILES string of the molecule is CCCCCCCC/C=C\C/C=C\CCC(=O)OCC(COC(=O)CCCCCCCCC/C=C\CCCCCCCCCC)OC(=O)CCCCC/C=C\CCCCCCCCC. The highest BCUT2D eigenvalue weighted by atomic mass is 16.6. The predicted octanol–water partition coefficient (Wildman–Crippen LogP) is 18.3. The number of carbonyl (C=O) groups is 3. The van der Waals surface area contributed by atoms with Crippen LogP contribution in [0.15, 0.2) is 48.6 Å². The van der Waals surface area contributed by atoms with Gasteiger partial charge in [-0.25, -0.2) is 0 Å². The van der Waals surface area contributed by atoms with Gasteiger partial charge >= 0.3 is 17.9 Å². The van der Waals surface area contributed by atoms with Gasteiger partial charge in [0.2, 0.25) is 0 Å². The van der Waals surface area contributed by atoms with Crippen LogP contribution in [0.1, 0.15) is 284 Å². The van der Waals surface area contributed by atoms with E-state index in [1.807, 2.05) is 6.08 Å². The van der Waals surface area contributed by atoms with Crippen molar-refractivity contribution in [2.75, 3.05) is 13.2 Å². The Labute approximate surface area is 397 Å². The minimum atomic E-state index is -0.803. The van der Waals surface area contributed by atoms with E-state index < -0.39 is 6.10 Å². The first-order chi connectivity index (χ1) is 31.5. The van der Waals surface area contributed by atoms with Crippen molar-refractivity contribution in [3.63, 3.8) is 0 Å². The Morgan fingerprint density at radius 2 is 0.594 bits per heavy atom. The van der Waals surface area contributed by atoms with E-state index in [9.17, 15) is 14.4 Å². The van der Waals surface area contributed by atoms with E-state index in [1.165, 1.54) is 173 Å². The highest BCUT2D eigenvalue weighted by Crippen LogP contribution is 2.15. The van der Waals surface area contributed by atoms with Crippen molar-refractivity contribution in [1.29, 1.82) is 0 Å². The maximum atomic E-state index is 12.8. The number of hydrogen-bond acceptors (Lipinski definition) is 6. The van der Waals surface area contributed by atoms with Crippen LogP contribution in [-0.4, -0.2) is 37.2 Å². The van der Waals surface area contributed by atoms with Crippen molar-refractivity contribution >= 4 is 17.9 Å². The Hall–Kier alpha value is -2.63. The number of esters is 3. The second kappa shape index (κ2) is 53.0. The average Bonchev–Trinajstić information content (AvgIpc) is 3.29. The van der Waals surface area contributed by atoms with E-state index in [2.05, 4.69) is 63.3 Å². The van der Waals surface area contributed by atoms with E-state index in [4.69, 9.17) is 14.2 Å². The molecule has 64 heavy (non-hydrogen) atoms. The molecule has 0 aliphatic heterocycles. The summed E-state index contributed by atoms with van der Waals surface area (Å²) in [6.07, 6.45) is 64.0. The third kappa shape index (κ3) is 50.4. The fourth-order valence-corrected chi connectivity index (χ4v) is 7.84. The highest BCUT2D eigenvalue weighted by Gasteiger charge is 2.19. The fourth-order valence-electron chi connectivity index (χ4n) is 7.84. The third-order valence-electron chi connectivity index (χ3n) is 12.0. The van der Waals surface area contributed by atoms with Crippen LogP contribution in [0, 0.1) is 0 Å². The molecule has 0 radical (unpaired) electrons. The smallest absolute Gasteiger partial charge is 0.306 e. The molecule has 0 amide bonds. The molecular formula is C58H104O6. The van der Waals surface area contributed by atoms with Crippen molar-refractivity contribution in [3.05, 3.63) is 48.6 Å². The normalized spacial score (nSPS) is 12.4. The molecule has 0 spiro atoms. The molecule has 6 heteroatoms. The van der Waals surface area contributed by atoms with Crippen LogP contribution in [0.4, 0.5) is 0 Å². The van der Waals surface area contributed by atoms with E-state index >= 15 is 0 Å². The van der Waals surface area contributed by atoms with E-state index in [0.717, 1.165) is 64.2 Å². The van der Waals surface area contributed by atoms with Gasteiger partial charge in [-0.3, -0.25) is 14.4 Å². The zero-order valence-corrected chi connectivity index (χ0v) is 42.6. The lowest BCUT2D eigenvalue weighted by Gasteiger charge is -2.18. The summed E-state index contributed by atoms with van der Waals surface area (Å²) >= 11 is 0. The molecule has 0 aliphatic rings. The largest absolute Gasteiger partial charge is 0.462 e. The lowest BCUT2D eigenvalue weighted by Crippen LogP contribution is -2.30.